The second-order valence-electron chi connectivity index (χ2n) is 0.713. The van der Waals surface area contributed by atoms with Crippen molar-refractivity contribution >= 4 is 17.1 Å². The number of halogens is 1. The second kappa shape index (κ2) is 11.0. The maximum Gasteiger partial charge on any atom is 1.00 e. The van der Waals surface area contributed by atoms with Gasteiger partial charge in [0.1, 0.15) is 0 Å². The summed E-state index contributed by atoms with van der Waals surface area (Å²) in [5, 5.41) is 7.42. The molecule has 0 amide bonds. The third-order valence-corrected chi connectivity index (χ3v) is 0. The minimum Gasteiger partial charge on any atom is -0.481 e. The first-order valence-corrected chi connectivity index (χ1v) is 2.39. The van der Waals surface area contributed by atoms with Gasteiger partial charge in [0.05, 0.1) is 11.1 Å². The van der Waals surface area contributed by atoms with Crippen LogP contribution in [0.2, 0.25) is 0 Å². The van der Waals surface area contributed by atoms with Crippen LogP contribution in [0.25, 0.3) is 0 Å². The molecule has 9 heavy (non-hydrogen) atoms. The van der Waals surface area contributed by atoms with Crippen LogP contribution in [0.5, 0.6) is 0 Å². The Morgan fingerprint density at radius 1 is 1.56 bits per heavy atom. The normalized spacial score (nSPS) is 6.56. The quantitative estimate of drug-likeness (QED) is 0.381. The number of hydrogen-bond acceptors (Lipinski definition) is 4. The minimum absolute atomic E-state index is 0. The van der Waals surface area contributed by atoms with Crippen molar-refractivity contribution in [1.82, 2.24) is 0 Å². The molecule has 0 saturated heterocycles. The van der Waals surface area contributed by atoms with E-state index in [1.165, 1.54) is 0 Å². The van der Waals surface area contributed by atoms with E-state index >= 15 is 0 Å². The summed E-state index contributed by atoms with van der Waals surface area (Å²) in [5.41, 5.74) is 0. The SMILES string of the molecule is CC(=O)O.O=[S-](=O)F.[Ag+]. The van der Waals surface area contributed by atoms with Gasteiger partial charge in [-0.3, -0.25) is 4.79 Å². The first-order chi connectivity index (χ1) is 3.46. The summed E-state index contributed by atoms with van der Waals surface area (Å²) < 4.78 is 26.6. The van der Waals surface area contributed by atoms with Gasteiger partial charge in [0.25, 0.3) is 5.97 Å². The van der Waals surface area contributed by atoms with Crippen LogP contribution >= 0.6 is 0 Å². The molecule has 4 nitrogen and oxygen atoms in total. The number of carbonyl (C=O) groups is 1. The Hall–Kier alpha value is 0.0903. The van der Waals surface area contributed by atoms with Crippen molar-refractivity contribution < 1.29 is 44.6 Å². The van der Waals surface area contributed by atoms with Crippen LogP contribution in [0.15, 0.2) is 0 Å². The molecular formula is C2H4AgFO4S. The van der Waals surface area contributed by atoms with E-state index in [1.54, 1.807) is 0 Å². The van der Waals surface area contributed by atoms with Crippen molar-refractivity contribution in [2.45, 2.75) is 6.92 Å². The molecule has 0 aromatic carbocycles. The molecular weight excluding hydrogens is 247 g/mol. The molecule has 0 rings (SSSR count). The Morgan fingerprint density at radius 3 is 1.56 bits per heavy atom. The zero-order valence-corrected chi connectivity index (χ0v) is 6.56. The Balaban J connectivity index is -0.0000000720. The van der Waals surface area contributed by atoms with E-state index in [9.17, 15) is 3.89 Å². The smallest absolute Gasteiger partial charge is 0.481 e. The van der Waals surface area contributed by atoms with Gasteiger partial charge in [0, 0.05) is 6.92 Å². The van der Waals surface area contributed by atoms with Crippen LogP contribution in [-0.4, -0.2) is 11.1 Å². The molecule has 0 atom stereocenters. The summed E-state index contributed by atoms with van der Waals surface area (Å²) in [6.07, 6.45) is 0. The maximum atomic E-state index is 9.92. The van der Waals surface area contributed by atoms with E-state index in [4.69, 9.17) is 18.3 Å². The fourth-order valence-electron chi connectivity index (χ4n) is 0. The van der Waals surface area contributed by atoms with Crippen LogP contribution in [0.3, 0.4) is 0 Å². The molecule has 0 bridgehead atoms. The second-order valence-corrected chi connectivity index (χ2v) is 1.10. The van der Waals surface area contributed by atoms with E-state index in [2.05, 4.69) is 0 Å². The largest absolute Gasteiger partial charge is 1.00 e. The van der Waals surface area contributed by atoms with Crippen molar-refractivity contribution in [2.24, 2.45) is 0 Å². The van der Waals surface area contributed by atoms with Gasteiger partial charge < -0.3 is 17.4 Å². The van der Waals surface area contributed by atoms with E-state index in [-0.39, 0.29) is 22.4 Å². The zero-order valence-electron chi connectivity index (χ0n) is 4.26. The van der Waals surface area contributed by atoms with Crippen molar-refractivity contribution in [3.05, 3.63) is 0 Å². The Labute approximate surface area is 68.8 Å². The summed E-state index contributed by atoms with van der Waals surface area (Å²) in [6.45, 7) is 1.08. The number of hydrogen-bond donors (Lipinski definition) is 1. The Kier molecular flexibility index (Phi) is 19.5. The molecule has 7 heteroatoms. The average Bonchev–Trinajstić information content (AvgIpc) is 1.25. The summed E-state index contributed by atoms with van der Waals surface area (Å²) in [5.74, 6) is -0.833. The van der Waals surface area contributed by atoms with Crippen molar-refractivity contribution in [1.29, 1.82) is 0 Å². The van der Waals surface area contributed by atoms with Gasteiger partial charge in [-0.05, 0) is 0 Å². The first-order valence-electron chi connectivity index (χ1n) is 1.42. The van der Waals surface area contributed by atoms with Crippen molar-refractivity contribution in [2.75, 3.05) is 0 Å². The molecule has 0 aromatic heterocycles. The summed E-state index contributed by atoms with van der Waals surface area (Å²) >= 11 is -3.36. The van der Waals surface area contributed by atoms with Gasteiger partial charge in [-0.25, -0.2) is 0 Å². The zero-order chi connectivity index (χ0) is 7.15. The molecule has 0 spiro atoms. The Bertz CT molecular complexity index is 121. The topological polar surface area (TPSA) is 71.4 Å². The predicted octanol–water partition coefficient (Wildman–Crippen LogP) is 0.269. The van der Waals surface area contributed by atoms with Crippen LogP contribution in [0.4, 0.5) is 3.89 Å². The third kappa shape index (κ3) is 36800. The molecule has 0 heterocycles. The predicted molar refractivity (Wildman–Crippen MR) is 23.2 cm³/mol. The van der Waals surface area contributed by atoms with Crippen LogP contribution in [0, 0.1) is 0 Å². The van der Waals surface area contributed by atoms with Gasteiger partial charge in [0.2, 0.25) is 0 Å². The molecule has 0 aliphatic heterocycles. The van der Waals surface area contributed by atoms with Crippen molar-refractivity contribution in [3.63, 3.8) is 0 Å². The molecule has 0 aromatic rings. The fourth-order valence-corrected chi connectivity index (χ4v) is 0. The van der Waals surface area contributed by atoms with Gasteiger partial charge >= 0.3 is 22.4 Å². The van der Waals surface area contributed by atoms with Gasteiger partial charge in [-0.15, -0.1) is 0 Å². The molecule has 60 valence electrons. The minimum atomic E-state index is -3.36. The van der Waals surface area contributed by atoms with E-state index in [0.717, 1.165) is 6.92 Å². The summed E-state index contributed by atoms with van der Waals surface area (Å²) in [7, 11) is 0. The standard InChI is InChI=1S/C2H4O2.Ag.FO2S/c1-2(3)4;;1-4(2)3/h1H3,(H,3,4);;/q;+1;-1. The summed E-state index contributed by atoms with van der Waals surface area (Å²) in [6, 6.07) is 0. The van der Waals surface area contributed by atoms with Gasteiger partial charge in [-0.2, -0.15) is 0 Å². The van der Waals surface area contributed by atoms with Crippen LogP contribution in [0.1, 0.15) is 6.92 Å². The molecule has 0 fully saturated rings. The van der Waals surface area contributed by atoms with Crippen LogP contribution in [-0.2, 0) is 46.7 Å². The van der Waals surface area contributed by atoms with E-state index in [1.807, 2.05) is 0 Å². The molecule has 0 aliphatic carbocycles. The number of carboxylic acids is 1. The van der Waals surface area contributed by atoms with Crippen molar-refractivity contribution in [3.8, 4) is 0 Å². The molecule has 0 saturated carbocycles. The molecule has 0 radical (unpaired) electrons. The monoisotopic (exact) mass is 250 g/mol. The van der Waals surface area contributed by atoms with E-state index < -0.39 is 17.1 Å². The molecule has 1 N–H and O–H groups in total. The third-order valence-electron chi connectivity index (χ3n) is 0. The molecule has 0 aliphatic rings. The van der Waals surface area contributed by atoms with Gasteiger partial charge in [0.15, 0.2) is 0 Å². The summed E-state index contributed by atoms with van der Waals surface area (Å²) in [4.78, 5) is 9.00. The van der Waals surface area contributed by atoms with E-state index in [0.29, 0.717) is 0 Å². The number of carboxylic acid groups (broad SMARTS) is 1. The van der Waals surface area contributed by atoms with Gasteiger partial charge in [-0.1, -0.05) is 0 Å². The molecule has 0 unspecified atom stereocenters. The fraction of sp³-hybridized carbons (Fsp3) is 0.500. The maximum absolute atomic E-state index is 9.92. The number of aliphatic carboxylic acids is 1. The Morgan fingerprint density at radius 2 is 1.56 bits per heavy atom. The number of rotatable bonds is 0. The van der Waals surface area contributed by atoms with Crippen LogP contribution < -0.4 is 0 Å². The first kappa shape index (κ1) is 16.0. The average molecular weight is 251 g/mol.